The monoisotopic (exact) mass is 319 g/mol. The van der Waals surface area contributed by atoms with Gasteiger partial charge in [-0.3, -0.25) is 4.79 Å². The molecule has 24 heavy (non-hydrogen) atoms. The van der Waals surface area contributed by atoms with Gasteiger partial charge in [0.15, 0.2) is 5.78 Å². The largest absolute Gasteiger partial charge is 0.497 e. The van der Waals surface area contributed by atoms with E-state index in [9.17, 15) is 4.79 Å². The highest BCUT2D eigenvalue weighted by Crippen LogP contribution is 2.27. The van der Waals surface area contributed by atoms with Gasteiger partial charge in [-0.25, -0.2) is 0 Å². The van der Waals surface area contributed by atoms with Crippen molar-refractivity contribution in [3.8, 4) is 5.75 Å². The lowest BCUT2D eigenvalue weighted by atomic mass is 10.1. The van der Waals surface area contributed by atoms with Gasteiger partial charge in [0.2, 0.25) is 0 Å². The van der Waals surface area contributed by atoms with Crippen molar-refractivity contribution < 1.29 is 9.53 Å². The minimum Gasteiger partial charge on any atom is -0.497 e. The lowest BCUT2D eigenvalue weighted by Gasteiger charge is -2.03. The smallest absolute Gasteiger partial charge is 0.185 e. The van der Waals surface area contributed by atoms with Crippen molar-refractivity contribution in [3.63, 3.8) is 0 Å². The highest BCUT2D eigenvalue weighted by Gasteiger charge is 2.11. The molecule has 0 atom stereocenters. The van der Waals surface area contributed by atoms with Crippen LogP contribution in [0.4, 0.5) is 0 Å². The number of aromatic nitrogens is 1. The Hall–Kier alpha value is -2.81. The fourth-order valence-electron chi connectivity index (χ4n) is 3.09. The topological polar surface area (TPSA) is 31.2 Å². The fraction of sp³-hybridized carbons (Fsp3) is 0.190. The van der Waals surface area contributed by atoms with Crippen LogP contribution in [0.3, 0.4) is 0 Å². The van der Waals surface area contributed by atoms with E-state index in [0.29, 0.717) is 5.56 Å². The molecule has 2 aromatic carbocycles. The van der Waals surface area contributed by atoms with Gasteiger partial charge < -0.3 is 9.30 Å². The maximum absolute atomic E-state index is 12.4. The number of methoxy groups -OCH3 is 1. The number of carbonyl (C=O) groups excluding carboxylic acids is 1. The molecular weight excluding hydrogens is 298 g/mol. The first-order valence-electron chi connectivity index (χ1n) is 8.10. The average molecular weight is 319 g/mol. The molecule has 3 aromatic rings. The van der Waals surface area contributed by atoms with Gasteiger partial charge in [-0.2, -0.15) is 0 Å². The van der Waals surface area contributed by atoms with E-state index in [1.165, 1.54) is 16.6 Å². The predicted octanol–water partition coefficient (Wildman–Crippen LogP) is 4.87. The zero-order valence-electron chi connectivity index (χ0n) is 14.2. The summed E-state index contributed by atoms with van der Waals surface area (Å²) in [4.78, 5) is 12.4. The van der Waals surface area contributed by atoms with E-state index in [4.69, 9.17) is 4.74 Å². The number of rotatable bonds is 5. The summed E-state index contributed by atoms with van der Waals surface area (Å²) in [7, 11) is 1.61. The SMILES string of the molecule is CCn1c(C)c(/C=C/C(=O)c2ccc(OC)cc2)c2ccccc21. The number of carbonyl (C=O) groups is 1. The van der Waals surface area contributed by atoms with Crippen LogP contribution in [0.5, 0.6) is 5.75 Å². The highest BCUT2D eigenvalue weighted by molar-refractivity contribution is 6.08. The first-order valence-corrected chi connectivity index (χ1v) is 8.10. The molecule has 3 nitrogen and oxygen atoms in total. The number of allylic oxidation sites excluding steroid dienone is 1. The van der Waals surface area contributed by atoms with E-state index in [1.54, 1.807) is 37.5 Å². The molecule has 3 heteroatoms. The molecule has 0 saturated heterocycles. The molecule has 0 spiro atoms. The molecule has 0 unspecified atom stereocenters. The van der Waals surface area contributed by atoms with Crippen LogP contribution in [0.15, 0.2) is 54.6 Å². The van der Waals surface area contributed by atoms with Gasteiger partial charge in [0, 0.05) is 34.3 Å². The molecule has 0 aliphatic rings. The summed E-state index contributed by atoms with van der Waals surface area (Å²) < 4.78 is 7.40. The third-order valence-corrected chi connectivity index (χ3v) is 4.37. The van der Waals surface area contributed by atoms with Crippen LogP contribution in [0.2, 0.25) is 0 Å². The van der Waals surface area contributed by atoms with E-state index < -0.39 is 0 Å². The zero-order chi connectivity index (χ0) is 17.1. The first-order chi connectivity index (χ1) is 11.7. The minimum atomic E-state index is -0.00890. The first kappa shape index (κ1) is 16.1. The molecule has 3 rings (SSSR count). The summed E-state index contributed by atoms with van der Waals surface area (Å²) in [5.41, 5.74) is 4.14. The molecule has 0 fully saturated rings. The van der Waals surface area contributed by atoms with Crippen LogP contribution in [0, 0.1) is 6.92 Å². The van der Waals surface area contributed by atoms with Crippen molar-refractivity contribution in [1.82, 2.24) is 4.57 Å². The van der Waals surface area contributed by atoms with Crippen molar-refractivity contribution in [2.75, 3.05) is 7.11 Å². The predicted molar refractivity (Wildman–Crippen MR) is 98.7 cm³/mol. The van der Waals surface area contributed by atoms with Crippen LogP contribution < -0.4 is 4.74 Å². The maximum atomic E-state index is 12.4. The molecule has 1 aromatic heterocycles. The second-order valence-electron chi connectivity index (χ2n) is 5.69. The van der Waals surface area contributed by atoms with Crippen LogP contribution in [-0.4, -0.2) is 17.5 Å². The number of ether oxygens (including phenoxy) is 1. The van der Waals surface area contributed by atoms with Gasteiger partial charge in [-0.1, -0.05) is 18.2 Å². The van der Waals surface area contributed by atoms with Crippen molar-refractivity contribution in [3.05, 3.63) is 71.4 Å². The standard InChI is InChI=1S/C21H21NO2/c1-4-22-15(2)18(19-7-5-6-8-20(19)22)13-14-21(23)16-9-11-17(24-3)12-10-16/h5-14H,4H2,1-3H3/b14-13+. The van der Waals surface area contributed by atoms with Crippen LogP contribution in [0.25, 0.3) is 17.0 Å². The average Bonchev–Trinajstić information content (AvgIpc) is 2.90. The summed E-state index contributed by atoms with van der Waals surface area (Å²) in [6.45, 7) is 5.14. The van der Waals surface area contributed by atoms with Gasteiger partial charge in [0.1, 0.15) is 5.75 Å². The summed E-state index contributed by atoms with van der Waals surface area (Å²) in [6, 6.07) is 15.5. The Morgan fingerprint density at radius 2 is 1.83 bits per heavy atom. The number of hydrogen-bond acceptors (Lipinski definition) is 2. The maximum Gasteiger partial charge on any atom is 0.185 e. The summed E-state index contributed by atoms with van der Waals surface area (Å²) in [6.07, 6.45) is 3.58. The number of nitrogens with zero attached hydrogens (tertiary/aromatic N) is 1. The third kappa shape index (κ3) is 2.85. The van der Waals surface area contributed by atoms with Crippen LogP contribution in [-0.2, 0) is 6.54 Å². The van der Waals surface area contributed by atoms with E-state index in [2.05, 4.69) is 30.5 Å². The van der Waals surface area contributed by atoms with Crippen molar-refractivity contribution in [2.24, 2.45) is 0 Å². The number of hydrogen-bond donors (Lipinski definition) is 0. The quantitative estimate of drug-likeness (QED) is 0.496. The Bertz CT molecular complexity index is 901. The lowest BCUT2D eigenvalue weighted by Crippen LogP contribution is -1.96. The molecule has 0 bridgehead atoms. The lowest BCUT2D eigenvalue weighted by molar-refractivity contribution is 0.104. The molecule has 122 valence electrons. The summed E-state index contributed by atoms with van der Waals surface area (Å²) in [5.74, 6) is 0.739. The number of fused-ring (bicyclic) bond motifs is 1. The van der Waals surface area contributed by atoms with Crippen molar-refractivity contribution in [2.45, 2.75) is 20.4 Å². The van der Waals surface area contributed by atoms with Gasteiger partial charge in [0.25, 0.3) is 0 Å². The van der Waals surface area contributed by atoms with Gasteiger partial charge in [-0.05, 0) is 56.3 Å². The van der Waals surface area contributed by atoms with Crippen LogP contribution >= 0.6 is 0 Å². The van der Waals surface area contributed by atoms with E-state index >= 15 is 0 Å². The normalized spacial score (nSPS) is 11.3. The molecule has 0 aliphatic heterocycles. The highest BCUT2D eigenvalue weighted by atomic mass is 16.5. The Balaban J connectivity index is 1.95. The number of benzene rings is 2. The fourth-order valence-corrected chi connectivity index (χ4v) is 3.09. The Morgan fingerprint density at radius 1 is 1.12 bits per heavy atom. The van der Waals surface area contributed by atoms with Crippen molar-refractivity contribution in [1.29, 1.82) is 0 Å². The molecule has 0 aliphatic carbocycles. The van der Waals surface area contributed by atoms with E-state index in [1.807, 2.05) is 18.2 Å². The van der Waals surface area contributed by atoms with Gasteiger partial charge in [0.05, 0.1) is 7.11 Å². The minimum absolute atomic E-state index is 0.00890. The van der Waals surface area contributed by atoms with E-state index in [0.717, 1.165) is 17.9 Å². The Morgan fingerprint density at radius 3 is 2.50 bits per heavy atom. The Kier molecular flexibility index (Phi) is 4.52. The summed E-state index contributed by atoms with van der Waals surface area (Å²) >= 11 is 0. The number of para-hydroxylation sites is 1. The molecule has 0 N–H and O–H groups in total. The summed E-state index contributed by atoms with van der Waals surface area (Å²) in [5, 5.41) is 1.18. The van der Waals surface area contributed by atoms with Gasteiger partial charge >= 0.3 is 0 Å². The second kappa shape index (κ2) is 6.75. The molecule has 1 heterocycles. The molecular formula is C21H21NO2. The third-order valence-electron chi connectivity index (χ3n) is 4.37. The number of ketones is 1. The molecule has 0 amide bonds. The van der Waals surface area contributed by atoms with E-state index in [-0.39, 0.29) is 5.78 Å². The number of aryl methyl sites for hydroxylation is 1. The molecule has 0 saturated carbocycles. The van der Waals surface area contributed by atoms with Gasteiger partial charge in [-0.15, -0.1) is 0 Å². The molecule has 0 radical (unpaired) electrons. The Labute approximate surface area is 142 Å². The van der Waals surface area contributed by atoms with Crippen LogP contribution in [0.1, 0.15) is 28.5 Å². The van der Waals surface area contributed by atoms with Crippen molar-refractivity contribution >= 4 is 22.8 Å². The zero-order valence-corrected chi connectivity index (χ0v) is 14.2. The second-order valence-corrected chi connectivity index (χ2v) is 5.69.